The van der Waals surface area contributed by atoms with E-state index >= 15 is 0 Å². The van der Waals surface area contributed by atoms with Gasteiger partial charge in [-0.05, 0) is 13.0 Å². The lowest BCUT2D eigenvalue weighted by Gasteiger charge is -2.22. The predicted molar refractivity (Wildman–Crippen MR) is 93.0 cm³/mol. The molecule has 0 aliphatic carbocycles. The number of nitrogens with zero attached hydrogens (tertiary/aromatic N) is 1. The van der Waals surface area contributed by atoms with Crippen molar-refractivity contribution in [3.63, 3.8) is 0 Å². The number of carbonyl (C=O) groups excluding carboxylic acids is 2. The van der Waals surface area contributed by atoms with Crippen molar-refractivity contribution < 1.29 is 14.7 Å². The van der Waals surface area contributed by atoms with Gasteiger partial charge in [-0.3, -0.25) is 9.59 Å². The topological polar surface area (TPSA) is 57.6 Å². The summed E-state index contributed by atoms with van der Waals surface area (Å²) in [7, 11) is 0. The minimum absolute atomic E-state index is 0.263. The number of hydrogen-bond donors (Lipinski definition) is 1. The summed E-state index contributed by atoms with van der Waals surface area (Å²) in [5.74, 6) is -0.745. The van der Waals surface area contributed by atoms with Crippen LogP contribution in [0.25, 0.3) is 0 Å². The summed E-state index contributed by atoms with van der Waals surface area (Å²) in [6.45, 7) is 5.88. The molecule has 0 unspecified atom stereocenters. The van der Waals surface area contributed by atoms with Crippen molar-refractivity contribution in [1.29, 1.82) is 0 Å². The van der Waals surface area contributed by atoms with Crippen LogP contribution in [0.2, 0.25) is 0 Å². The van der Waals surface area contributed by atoms with Gasteiger partial charge in [-0.1, -0.05) is 54.1 Å². The highest BCUT2D eigenvalue weighted by molar-refractivity contribution is 6.10. The van der Waals surface area contributed by atoms with Crippen LogP contribution in [0.1, 0.15) is 27.9 Å². The molecule has 1 atom stereocenters. The Labute approximate surface area is 141 Å². The molecule has 122 valence electrons. The van der Waals surface area contributed by atoms with Crippen molar-refractivity contribution in [3.05, 3.63) is 77.9 Å². The molecule has 2 aromatic carbocycles. The standard InChI is InChI=1S/C20H19NO3/c1-3-12-21-17-7-5-4-6-16(17)20(24,19(21)23)13-18(22)15-10-8-14(2)9-11-15/h3-11,24H,1,12-13H2,2H3/t20-/m0/s1. The maximum atomic E-state index is 12.8. The first-order chi connectivity index (χ1) is 11.5. The van der Waals surface area contributed by atoms with Gasteiger partial charge in [0.2, 0.25) is 0 Å². The number of fused-ring (bicyclic) bond motifs is 1. The Bertz CT molecular complexity index is 810. The molecule has 0 fully saturated rings. The van der Waals surface area contributed by atoms with Gasteiger partial charge < -0.3 is 10.0 Å². The van der Waals surface area contributed by atoms with Crippen LogP contribution in [-0.2, 0) is 10.4 Å². The molecule has 0 aromatic heterocycles. The molecule has 0 radical (unpaired) electrons. The molecule has 1 aliphatic rings. The zero-order chi connectivity index (χ0) is 17.3. The Morgan fingerprint density at radius 1 is 1.21 bits per heavy atom. The number of ketones is 1. The molecule has 2 aromatic rings. The predicted octanol–water partition coefficient (Wildman–Crippen LogP) is 2.99. The molecule has 4 heteroatoms. The molecule has 3 rings (SSSR count). The van der Waals surface area contributed by atoms with Crippen molar-refractivity contribution in [2.75, 3.05) is 11.4 Å². The first-order valence-electron chi connectivity index (χ1n) is 7.82. The fourth-order valence-electron chi connectivity index (χ4n) is 3.06. The minimum atomic E-state index is -1.83. The van der Waals surface area contributed by atoms with E-state index in [2.05, 4.69) is 6.58 Å². The lowest BCUT2D eigenvalue weighted by atomic mass is 9.88. The van der Waals surface area contributed by atoms with Crippen molar-refractivity contribution in [2.24, 2.45) is 0 Å². The monoisotopic (exact) mass is 321 g/mol. The molecule has 4 nitrogen and oxygen atoms in total. The average Bonchev–Trinajstić information content (AvgIpc) is 2.78. The van der Waals surface area contributed by atoms with Crippen LogP contribution in [0.5, 0.6) is 0 Å². The number of anilines is 1. The van der Waals surface area contributed by atoms with Gasteiger partial charge in [0.05, 0.1) is 12.1 Å². The molecule has 24 heavy (non-hydrogen) atoms. The number of benzene rings is 2. The first-order valence-corrected chi connectivity index (χ1v) is 7.82. The number of rotatable bonds is 5. The fourth-order valence-corrected chi connectivity index (χ4v) is 3.06. The third-order valence-corrected chi connectivity index (χ3v) is 4.34. The van der Waals surface area contributed by atoms with Gasteiger partial charge in [0, 0.05) is 17.7 Å². The van der Waals surface area contributed by atoms with E-state index in [0.717, 1.165) is 5.56 Å². The molecule has 1 N–H and O–H groups in total. The highest BCUT2D eigenvalue weighted by Gasteiger charge is 2.50. The number of amides is 1. The molecule has 1 heterocycles. The molecular weight excluding hydrogens is 302 g/mol. The summed E-state index contributed by atoms with van der Waals surface area (Å²) < 4.78 is 0. The summed E-state index contributed by atoms with van der Waals surface area (Å²) >= 11 is 0. The minimum Gasteiger partial charge on any atom is -0.375 e. The Hall–Kier alpha value is -2.72. The van der Waals surface area contributed by atoms with Crippen LogP contribution in [0, 0.1) is 6.92 Å². The van der Waals surface area contributed by atoms with Crippen molar-refractivity contribution in [2.45, 2.75) is 18.9 Å². The Kier molecular flexibility index (Phi) is 4.08. The second-order valence-corrected chi connectivity index (χ2v) is 6.05. The van der Waals surface area contributed by atoms with Crippen LogP contribution < -0.4 is 4.90 Å². The maximum Gasteiger partial charge on any atom is 0.264 e. The molecule has 0 spiro atoms. The van der Waals surface area contributed by atoms with E-state index in [9.17, 15) is 14.7 Å². The summed E-state index contributed by atoms with van der Waals surface area (Å²) in [5.41, 5.74) is 0.798. The van der Waals surface area contributed by atoms with Gasteiger partial charge in [-0.25, -0.2) is 0 Å². The molecular formula is C20H19NO3. The lowest BCUT2D eigenvalue weighted by molar-refractivity contribution is -0.135. The summed E-state index contributed by atoms with van der Waals surface area (Å²) in [6, 6.07) is 14.1. The van der Waals surface area contributed by atoms with E-state index in [-0.39, 0.29) is 18.7 Å². The smallest absolute Gasteiger partial charge is 0.264 e. The number of aryl methyl sites for hydroxylation is 1. The zero-order valence-electron chi connectivity index (χ0n) is 13.5. The van der Waals surface area contributed by atoms with E-state index in [1.54, 1.807) is 42.5 Å². The quantitative estimate of drug-likeness (QED) is 0.680. The van der Waals surface area contributed by atoms with Crippen LogP contribution in [-0.4, -0.2) is 23.3 Å². The second-order valence-electron chi connectivity index (χ2n) is 6.05. The molecule has 0 saturated heterocycles. The van der Waals surface area contributed by atoms with Crippen LogP contribution >= 0.6 is 0 Å². The number of aliphatic hydroxyl groups is 1. The van der Waals surface area contributed by atoms with Crippen molar-refractivity contribution >= 4 is 17.4 Å². The molecule has 0 bridgehead atoms. The van der Waals surface area contributed by atoms with E-state index in [1.807, 2.05) is 19.1 Å². The van der Waals surface area contributed by atoms with Gasteiger partial charge in [-0.15, -0.1) is 6.58 Å². The van der Waals surface area contributed by atoms with Gasteiger partial charge >= 0.3 is 0 Å². The van der Waals surface area contributed by atoms with E-state index in [0.29, 0.717) is 16.8 Å². The number of Topliss-reactive ketones (excluding diaryl/α,β-unsaturated/α-hetero) is 1. The summed E-state index contributed by atoms with van der Waals surface area (Å²) in [6.07, 6.45) is 1.32. The van der Waals surface area contributed by atoms with Gasteiger partial charge in [0.1, 0.15) is 0 Å². The first kappa shape index (κ1) is 16.1. The van der Waals surface area contributed by atoms with E-state index < -0.39 is 11.5 Å². The van der Waals surface area contributed by atoms with Gasteiger partial charge in [0.15, 0.2) is 11.4 Å². The average molecular weight is 321 g/mol. The summed E-state index contributed by atoms with van der Waals surface area (Å²) in [5, 5.41) is 11.0. The summed E-state index contributed by atoms with van der Waals surface area (Å²) in [4.78, 5) is 26.8. The van der Waals surface area contributed by atoms with E-state index in [4.69, 9.17) is 0 Å². The zero-order valence-corrected chi connectivity index (χ0v) is 13.5. The van der Waals surface area contributed by atoms with E-state index in [1.165, 1.54) is 4.90 Å². The van der Waals surface area contributed by atoms with Crippen LogP contribution in [0.15, 0.2) is 61.2 Å². The number of hydrogen-bond acceptors (Lipinski definition) is 3. The molecule has 1 aliphatic heterocycles. The van der Waals surface area contributed by atoms with Crippen LogP contribution in [0.3, 0.4) is 0 Å². The van der Waals surface area contributed by atoms with Crippen molar-refractivity contribution in [1.82, 2.24) is 0 Å². The fraction of sp³-hybridized carbons (Fsp3) is 0.200. The Balaban J connectivity index is 1.97. The Morgan fingerprint density at radius 3 is 2.54 bits per heavy atom. The van der Waals surface area contributed by atoms with Crippen molar-refractivity contribution in [3.8, 4) is 0 Å². The largest absolute Gasteiger partial charge is 0.375 e. The van der Waals surface area contributed by atoms with Crippen LogP contribution in [0.4, 0.5) is 5.69 Å². The highest BCUT2D eigenvalue weighted by Crippen LogP contribution is 2.42. The number of carbonyl (C=O) groups is 2. The third kappa shape index (κ3) is 2.55. The third-order valence-electron chi connectivity index (χ3n) is 4.34. The highest BCUT2D eigenvalue weighted by atomic mass is 16.3. The normalized spacial score (nSPS) is 19.2. The molecule has 1 amide bonds. The number of para-hydroxylation sites is 1. The molecule has 0 saturated carbocycles. The van der Waals surface area contributed by atoms with Gasteiger partial charge in [0.25, 0.3) is 5.91 Å². The SMILES string of the molecule is C=CCN1C(=O)[C@](O)(CC(=O)c2ccc(C)cc2)c2ccccc21. The lowest BCUT2D eigenvalue weighted by Crippen LogP contribution is -2.41. The second kappa shape index (κ2) is 6.06. The maximum absolute atomic E-state index is 12.8. The van der Waals surface area contributed by atoms with Gasteiger partial charge in [-0.2, -0.15) is 0 Å². The Morgan fingerprint density at radius 2 is 1.88 bits per heavy atom.